The Morgan fingerprint density at radius 1 is 1.67 bits per heavy atom. The second kappa shape index (κ2) is 2.14. The number of aromatic nitrogens is 1. The van der Waals surface area contributed by atoms with E-state index in [-0.39, 0.29) is 5.88 Å². The molecule has 0 amide bonds. The molecule has 0 aliphatic heterocycles. The second-order valence-electron chi connectivity index (χ2n) is 1.49. The molecule has 1 aromatic heterocycles. The molecule has 1 rings (SSSR count). The standard InChI is InChI=1S/C6H3N2O/c7-4-5-1-2-8-6(9)3-5/h1-3H. The molecule has 0 fully saturated rings. The van der Waals surface area contributed by atoms with Crippen LogP contribution in [0.1, 0.15) is 5.56 Å². The molecule has 9 heavy (non-hydrogen) atoms. The van der Waals surface area contributed by atoms with Gasteiger partial charge in [0.25, 0.3) is 5.88 Å². The van der Waals surface area contributed by atoms with Crippen molar-refractivity contribution in [1.82, 2.24) is 4.98 Å². The average Bonchev–Trinajstić information content (AvgIpc) is 1.88. The first kappa shape index (κ1) is 5.57. The lowest BCUT2D eigenvalue weighted by Crippen LogP contribution is -1.74. The third kappa shape index (κ3) is 1.16. The molecule has 0 bridgehead atoms. The first-order valence-corrected chi connectivity index (χ1v) is 2.36. The number of hydrogen-bond donors (Lipinski definition) is 0. The lowest BCUT2D eigenvalue weighted by Gasteiger charge is -1.83. The van der Waals surface area contributed by atoms with Gasteiger partial charge in [-0.05, 0) is 6.07 Å². The molecular weight excluding hydrogens is 116 g/mol. The zero-order valence-corrected chi connectivity index (χ0v) is 4.53. The van der Waals surface area contributed by atoms with Gasteiger partial charge in [-0.15, -0.1) is 0 Å². The van der Waals surface area contributed by atoms with Crippen LogP contribution in [0.3, 0.4) is 0 Å². The smallest absolute Gasteiger partial charge is 0.267 e. The molecule has 1 heterocycles. The van der Waals surface area contributed by atoms with Crippen molar-refractivity contribution in [2.45, 2.75) is 0 Å². The molecule has 0 spiro atoms. The third-order valence-corrected chi connectivity index (χ3v) is 0.864. The van der Waals surface area contributed by atoms with Crippen LogP contribution in [-0.2, 0) is 5.11 Å². The molecule has 0 atom stereocenters. The van der Waals surface area contributed by atoms with Gasteiger partial charge >= 0.3 is 0 Å². The topological polar surface area (TPSA) is 56.6 Å². The van der Waals surface area contributed by atoms with Gasteiger partial charge in [-0.25, -0.2) is 4.98 Å². The first-order chi connectivity index (χ1) is 4.33. The SMILES string of the molecule is N#Cc1ccnc([O])c1. The Morgan fingerprint density at radius 2 is 2.44 bits per heavy atom. The molecule has 0 unspecified atom stereocenters. The molecule has 1 radical (unpaired) electrons. The normalized spacial score (nSPS) is 8.33. The summed E-state index contributed by atoms with van der Waals surface area (Å²) in [5.74, 6) is -0.367. The van der Waals surface area contributed by atoms with Crippen molar-refractivity contribution in [2.24, 2.45) is 0 Å². The fourth-order valence-corrected chi connectivity index (χ4v) is 0.479. The molecule has 0 N–H and O–H groups in total. The average molecular weight is 119 g/mol. The number of pyridine rings is 1. The molecule has 0 saturated carbocycles. The van der Waals surface area contributed by atoms with E-state index >= 15 is 0 Å². The highest BCUT2D eigenvalue weighted by Gasteiger charge is 1.91. The van der Waals surface area contributed by atoms with E-state index in [1.807, 2.05) is 6.07 Å². The minimum Gasteiger partial charge on any atom is -0.267 e. The summed E-state index contributed by atoms with van der Waals surface area (Å²) in [6.45, 7) is 0. The number of hydrogen-bond acceptors (Lipinski definition) is 2. The molecule has 3 nitrogen and oxygen atoms in total. The van der Waals surface area contributed by atoms with Gasteiger partial charge in [0, 0.05) is 12.3 Å². The quantitative estimate of drug-likeness (QED) is 0.513. The van der Waals surface area contributed by atoms with Crippen molar-refractivity contribution in [3.8, 4) is 11.9 Å². The molecule has 0 aliphatic rings. The van der Waals surface area contributed by atoms with Gasteiger partial charge in [-0.3, -0.25) is 5.11 Å². The second-order valence-corrected chi connectivity index (χ2v) is 1.49. The van der Waals surface area contributed by atoms with Crippen molar-refractivity contribution in [3.63, 3.8) is 0 Å². The molecule has 1 aromatic rings. The molecule has 0 aromatic carbocycles. The number of nitriles is 1. The van der Waals surface area contributed by atoms with E-state index in [2.05, 4.69) is 4.98 Å². The minimum atomic E-state index is -0.367. The van der Waals surface area contributed by atoms with Crippen LogP contribution in [0.2, 0.25) is 0 Å². The zero-order chi connectivity index (χ0) is 6.69. The van der Waals surface area contributed by atoms with E-state index in [0.717, 1.165) is 0 Å². The Bertz CT molecular complexity index is 251. The van der Waals surface area contributed by atoms with Crippen molar-refractivity contribution < 1.29 is 5.11 Å². The summed E-state index contributed by atoms with van der Waals surface area (Å²) < 4.78 is 0. The van der Waals surface area contributed by atoms with Crippen LogP contribution in [0.15, 0.2) is 18.3 Å². The number of rotatable bonds is 0. The van der Waals surface area contributed by atoms with Gasteiger partial charge in [-0.2, -0.15) is 5.26 Å². The molecule has 0 saturated heterocycles. The maximum absolute atomic E-state index is 10.4. The summed E-state index contributed by atoms with van der Waals surface area (Å²) in [4.78, 5) is 3.38. The van der Waals surface area contributed by atoms with E-state index < -0.39 is 0 Å². The Hall–Kier alpha value is -1.56. The van der Waals surface area contributed by atoms with Crippen LogP contribution in [0.25, 0.3) is 0 Å². The summed E-state index contributed by atoms with van der Waals surface area (Å²) in [5.41, 5.74) is 0.356. The van der Waals surface area contributed by atoms with E-state index in [9.17, 15) is 5.11 Å². The summed E-state index contributed by atoms with van der Waals surface area (Å²) in [5, 5.41) is 18.6. The molecule has 3 heteroatoms. The summed E-state index contributed by atoms with van der Waals surface area (Å²) in [6, 6.07) is 4.51. The van der Waals surface area contributed by atoms with Gasteiger partial charge in [0.05, 0.1) is 11.6 Å². The van der Waals surface area contributed by atoms with Crippen LogP contribution in [0, 0.1) is 11.3 Å². The lowest BCUT2D eigenvalue weighted by atomic mass is 10.3. The van der Waals surface area contributed by atoms with E-state index in [1.165, 1.54) is 18.3 Å². The van der Waals surface area contributed by atoms with Crippen molar-refractivity contribution in [1.29, 1.82) is 5.26 Å². The summed E-state index contributed by atoms with van der Waals surface area (Å²) >= 11 is 0. The van der Waals surface area contributed by atoms with Crippen LogP contribution < -0.4 is 0 Å². The van der Waals surface area contributed by atoms with Gasteiger partial charge in [0.1, 0.15) is 0 Å². The van der Waals surface area contributed by atoms with Gasteiger partial charge in [0.15, 0.2) is 0 Å². The largest absolute Gasteiger partial charge is 0.270 e. The van der Waals surface area contributed by atoms with Crippen LogP contribution in [-0.4, -0.2) is 4.98 Å². The number of nitrogens with zero attached hydrogens (tertiary/aromatic N) is 2. The highest BCUT2D eigenvalue weighted by atomic mass is 16.3. The third-order valence-electron chi connectivity index (χ3n) is 0.864. The Morgan fingerprint density at radius 3 is 2.89 bits per heavy atom. The van der Waals surface area contributed by atoms with Gasteiger partial charge in [0.2, 0.25) is 0 Å². The van der Waals surface area contributed by atoms with E-state index in [4.69, 9.17) is 5.26 Å². The van der Waals surface area contributed by atoms with Crippen molar-refractivity contribution in [3.05, 3.63) is 23.9 Å². The van der Waals surface area contributed by atoms with E-state index in [1.54, 1.807) is 0 Å². The highest BCUT2D eigenvalue weighted by Crippen LogP contribution is 2.05. The molecule has 43 valence electrons. The summed E-state index contributed by atoms with van der Waals surface area (Å²) in [7, 11) is 0. The first-order valence-electron chi connectivity index (χ1n) is 2.36. The predicted octanol–water partition coefficient (Wildman–Crippen LogP) is 1.10. The van der Waals surface area contributed by atoms with Crippen LogP contribution in [0.5, 0.6) is 5.88 Å². The molecular formula is C6H3N2O. The Labute approximate surface area is 52.2 Å². The van der Waals surface area contributed by atoms with E-state index in [0.29, 0.717) is 5.56 Å². The zero-order valence-electron chi connectivity index (χ0n) is 4.53. The van der Waals surface area contributed by atoms with Crippen LogP contribution >= 0.6 is 0 Å². The van der Waals surface area contributed by atoms with Gasteiger partial charge < -0.3 is 0 Å². The Kier molecular flexibility index (Phi) is 1.32. The summed E-state index contributed by atoms with van der Waals surface area (Å²) in [6.07, 6.45) is 1.32. The monoisotopic (exact) mass is 119 g/mol. The Balaban J connectivity index is 3.12. The maximum Gasteiger partial charge on any atom is 0.270 e. The predicted molar refractivity (Wildman–Crippen MR) is 29.1 cm³/mol. The fourth-order valence-electron chi connectivity index (χ4n) is 0.479. The van der Waals surface area contributed by atoms with Crippen molar-refractivity contribution >= 4 is 0 Å². The highest BCUT2D eigenvalue weighted by molar-refractivity contribution is 5.30. The van der Waals surface area contributed by atoms with Crippen molar-refractivity contribution in [2.75, 3.05) is 0 Å². The fraction of sp³-hybridized carbons (Fsp3) is 0. The maximum atomic E-state index is 10.4. The van der Waals surface area contributed by atoms with Gasteiger partial charge in [-0.1, -0.05) is 0 Å². The molecule has 0 aliphatic carbocycles. The lowest BCUT2D eigenvalue weighted by molar-refractivity contribution is 0.337. The van der Waals surface area contributed by atoms with Crippen LogP contribution in [0.4, 0.5) is 0 Å². The minimum absolute atomic E-state index is 0.356.